The summed E-state index contributed by atoms with van der Waals surface area (Å²) in [7, 11) is 1.85. The van der Waals surface area contributed by atoms with Crippen LogP contribution in [0.5, 0.6) is 0 Å². The van der Waals surface area contributed by atoms with Gasteiger partial charge in [0.15, 0.2) is 11.1 Å². The van der Waals surface area contributed by atoms with Gasteiger partial charge in [-0.05, 0) is 51.0 Å². The first kappa shape index (κ1) is 24.1. The van der Waals surface area contributed by atoms with E-state index < -0.39 is 0 Å². The summed E-state index contributed by atoms with van der Waals surface area (Å²) in [6.07, 6.45) is 11.9. The number of aromatic nitrogens is 3. The zero-order valence-electron chi connectivity index (χ0n) is 17.4. The molecule has 0 amide bonds. The van der Waals surface area contributed by atoms with Gasteiger partial charge >= 0.3 is 0 Å². The average Bonchev–Trinajstić information content (AvgIpc) is 3.41. The number of hydrogen-bond acceptors (Lipinski definition) is 5. The van der Waals surface area contributed by atoms with E-state index in [2.05, 4.69) is 55.3 Å². The lowest BCUT2D eigenvalue weighted by Crippen LogP contribution is -2.43. The van der Waals surface area contributed by atoms with Gasteiger partial charge in [0.1, 0.15) is 5.82 Å². The van der Waals surface area contributed by atoms with Gasteiger partial charge in [-0.15, -0.1) is 34.2 Å². The van der Waals surface area contributed by atoms with Crippen molar-refractivity contribution in [1.82, 2.24) is 25.4 Å². The van der Waals surface area contributed by atoms with Crippen molar-refractivity contribution >= 4 is 53.5 Å². The van der Waals surface area contributed by atoms with E-state index in [9.17, 15) is 0 Å². The SMILES string of the molecule is CN=C(NCCCc1nnc(SC)n1C1CCCC1)NCC1(C)CCCS1.I. The molecule has 1 aromatic heterocycles. The fourth-order valence-corrected chi connectivity index (χ4v) is 5.89. The van der Waals surface area contributed by atoms with Crippen LogP contribution in [0.4, 0.5) is 0 Å². The van der Waals surface area contributed by atoms with Gasteiger partial charge in [0.2, 0.25) is 0 Å². The van der Waals surface area contributed by atoms with Gasteiger partial charge in [0.05, 0.1) is 0 Å². The second-order valence-corrected chi connectivity index (χ2v) is 10.2. The monoisotopic (exact) mass is 538 g/mol. The Kier molecular flexibility index (Phi) is 10.2. The highest BCUT2D eigenvalue weighted by molar-refractivity contribution is 14.0. The number of halogens is 1. The predicted octanol–water partition coefficient (Wildman–Crippen LogP) is 4.12. The van der Waals surface area contributed by atoms with Gasteiger partial charge in [0.25, 0.3) is 0 Å². The lowest BCUT2D eigenvalue weighted by Gasteiger charge is -2.24. The summed E-state index contributed by atoms with van der Waals surface area (Å²) in [4.78, 5) is 4.37. The smallest absolute Gasteiger partial charge is 0.191 e. The highest BCUT2D eigenvalue weighted by atomic mass is 127. The Morgan fingerprint density at radius 1 is 1.29 bits per heavy atom. The molecule has 2 aliphatic rings. The maximum Gasteiger partial charge on any atom is 0.191 e. The van der Waals surface area contributed by atoms with Crippen molar-refractivity contribution in [2.24, 2.45) is 4.99 Å². The van der Waals surface area contributed by atoms with Crippen molar-refractivity contribution < 1.29 is 0 Å². The number of hydrogen-bond donors (Lipinski definition) is 2. The van der Waals surface area contributed by atoms with E-state index in [-0.39, 0.29) is 24.0 Å². The maximum absolute atomic E-state index is 4.48. The molecule has 1 aromatic rings. The van der Waals surface area contributed by atoms with Crippen LogP contribution in [-0.2, 0) is 6.42 Å². The minimum atomic E-state index is 0. The normalized spacial score (nSPS) is 23.0. The fraction of sp³-hybridized carbons (Fsp3) is 0.842. The number of guanidine groups is 1. The summed E-state index contributed by atoms with van der Waals surface area (Å²) in [6, 6.07) is 0.601. The number of nitrogens with one attached hydrogen (secondary N) is 2. The molecular formula is C19H35IN6S2. The largest absolute Gasteiger partial charge is 0.356 e. The van der Waals surface area contributed by atoms with Gasteiger partial charge in [-0.25, -0.2) is 0 Å². The Morgan fingerprint density at radius 3 is 2.71 bits per heavy atom. The summed E-state index contributed by atoms with van der Waals surface area (Å²) in [5.41, 5.74) is 0. The topological polar surface area (TPSA) is 67.1 Å². The van der Waals surface area contributed by atoms with Gasteiger partial charge in [-0.3, -0.25) is 4.99 Å². The molecule has 0 radical (unpaired) electrons. The Labute approximate surface area is 195 Å². The third-order valence-corrected chi connectivity index (χ3v) is 7.81. The molecule has 1 aliphatic carbocycles. The molecule has 0 spiro atoms. The molecule has 3 rings (SSSR count). The Morgan fingerprint density at radius 2 is 2.07 bits per heavy atom. The number of aryl methyl sites for hydroxylation is 1. The van der Waals surface area contributed by atoms with Crippen molar-refractivity contribution in [2.45, 2.75) is 74.2 Å². The second-order valence-electron chi connectivity index (χ2n) is 7.77. The Hall–Kier alpha value is -0.160. The summed E-state index contributed by atoms with van der Waals surface area (Å²) >= 11 is 3.79. The molecule has 160 valence electrons. The summed E-state index contributed by atoms with van der Waals surface area (Å²) in [6.45, 7) is 4.23. The van der Waals surface area contributed by atoms with Gasteiger partial charge in [-0.1, -0.05) is 24.6 Å². The number of rotatable bonds is 8. The first-order chi connectivity index (χ1) is 13.1. The average molecular weight is 539 g/mol. The van der Waals surface area contributed by atoms with Crippen molar-refractivity contribution in [3.05, 3.63) is 5.82 Å². The van der Waals surface area contributed by atoms with Crippen molar-refractivity contribution in [3.8, 4) is 0 Å². The van der Waals surface area contributed by atoms with Crippen LogP contribution in [-0.4, -0.2) is 57.6 Å². The van der Waals surface area contributed by atoms with Crippen molar-refractivity contribution in [3.63, 3.8) is 0 Å². The number of nitrogens with zero attached hydrogens (tertiary/aromatic N) is 4. The molecule has 2 fully saturated rings. The Bertz CT molecular complexity index is 624. The maximum atomic E-state index is 4.48. The van der Waals surface area contributed by atoms with Gasteiger partial charge in [0, 0.05) is 37.3 Å². The van der Waals surface area contributed by atoms with Crippen LogP contribution in [0, 0.1) is 0 Å². The molecule has 28 heavy (non-hydrogen) atoms. The quantitative estimate of drug-likeness (QED) is 0.171. The first-order valence-electron chi connectivity index (χ1n) is 10.2. The molecule has 9 heteroatoms. The van der Waals surface area contributed by atoms with E-state index in [0.29, 0.717) is 10.8 Å². The van der Waals surface area contributed by atoms with Crippen LogP contribution in [0.1, 0.15) is 63.7 Å². The van der Waals surface area contributed by atoms with E-state index >= 15 is 0 Å². The summed E-state index contributed by atoms with van der Waals surface area (Å²) in [5, 5.41) is 16.9. The molecule has 1 aliphatic heterocycles. The standard InChI is InChI=1S/C19H34N6S2.HI/c1-19(11-7-13-27-19)14-22-17(20-2)21-12-6-10-16-23-24-18(26-3)25(16)15-8-4-5-9-15;/h15H,4-14H2,1-3H3,(H2,20,21,22);1H. The second kappa shape index (κ2) is 11.9. The van der Waals surface area contributed by atoms with Gasteiger partial charge < -0.3 is 15.2 Å². The highest BCUT2D eigenvalue weighted by Crippen LogP contribution is 2.37. The van der Waals surface area contributed by atoms with E-state index in [1.165, 1.54) is 44.3 Å². The number of thioether (sulfide) groups is 2. The zero-order chi connectivity index (χ0) is 19.1. The number of aliphatic imine (C=N–C) groups is 1. The van der Waals surface area contributed by atoms with Crippen LogP contribution in [0.15, 0.2) is 10.1 Å². The van der Waals surface area contributed by atoms with E-state index in [1.807, 2.05) is 7.05 Å². The molecule has 2 N–H and O–H groups in total. The Balaban J connectivity index is 0.00000280. The molecule has 0 bridgehead atoms. The molecule has 6 nitrogen and oxygen atoms in total. The molecule has 1 atom stereocenters. The van der Waals surface area contributed by atoms with Crippen LogP contribution in [0.2, 0.25) is 0 Å². The van der Waals surface area contributed by atoms with E-state index in [0.717, 1.165) is 42.9 Å². The van der Waals surface area contributed by atoms with Crippen molar-refractivity contribution in [1.29, 1.82) is 0 Å². The van der Waals surface area contributed by atoms with E-state index in [1.54, 1.807) is 11.8 Å². The first-order valence-corrected chi connectivity index (χ1v) is 12.4. The minimum absolute atomic E-state index is 0. The summed E-state index contributed by atoms with van der Waals surface area (Å²) < 4.78 is 2.76. The predicted molar refractivity (Wildman–Crippen MR) is 133 cm³/mol. The van der Waals surface area contributed by atoms with Crippen LogP contribution in [0.25, 0.3) is 0 Å². The van der Waals surface area contributed by atoms with Crippen LogP contribution < -0.4 is 10.6 Å². The zero-order valence-corrected chi connectivity index (χ0v) is 21.3. The molecule has 2 heterocycles. The molecule has 1 saturated carbocycles. The molecule has 1 saturated heterocycles. The molecule has 1 unspecified atom stereocenters. The van der Waals surface area contributed by atoms with Gasteiger partial charge in [-0.2, -0.15) is 11.8 Å². The van der Waals surface area contributed by atoms with Crippen LogP contribution in [0.3, 0.4) is 0 Å². The fourth-order valence-electron chi connectivity index (χ4n) is 4.07. The minimum Gasteiger partial charge on any atom is -0.356 e. The van der Waals surface area contributed by atoms with E-state index in [4.69, 9.17) is 0 Å². The van der Waals surface area contributed by atoms with Crippen LogP contribution >= 0.6 is 47.5 Å². The molecular weight excluding hydrogens is 503 g/mol. The van der Waals surface area contributed by atoms with Crippen molar-refractivity contribution in [2.75, 3.05) is 32.1 Å². The highest BCUT2D eigenvalue weighted by Gasteiger charge is 2.29. The molecule has 0 aromatic carbocycles. The third-order valence-electron chi connectivity index (χ3n) is 5.63. The lowest BCUT2D eigenvalue weighted by atomic mass is 10.1. The summed E-state index contributed by atoms with van der Waals surface area (Å²) in [5.74, 6) is 3.33. The third kappa shape index (κ3) is 6.42. The lowest BCUT2D eigenvalue weighted by molar-refractivity contribution is 0.460.